The Bertz CT molecular complexity index is 777. The molecule has 0 aromatic carbocycles. The Labute approximate surface area is 156 Å². The minimum atomic E-state index is -5.65. The molecule has 1 aliphatic heterocycles. The van der Waals surface area contributed by atoms with Crippen LogP contribution in [0.1, 0.15) is 6.42 Å². The Balaban J connectivity index is 2.75. The second kappa shape index (κ2) is 10.2. The molecule has 158 valence electrons. The summed E-state index contributed by atoms with van der Waals surface area (Å²) in [6.07, 6.45) is -3.45. The quantitative estimate of drug-likeness (QED) is 0.106. The van der Waals surface area contributed by atoms with Gasteiger partial charge in [-0.1, -0.05) is 10.2 Å². The van der Waals surface area contributed by atoms with Gasteiger partial charge in [0.2, 0.25) is 6.35 Å². The summed E-state index contributed by atoms with van der Waals surface area (Å²) in [5, 5.41) is 6.16. The molecule has 0 radical (unpaired) electrons. The van der Waals surface area contributed by atoms with Gasteiger partial charge >= 0.3 is 23.5 Å². The van der Waals surface area contributed by atoms with Crippen LogP contribution in [0.15, 0.2) is 10.2 Å². The second-order valence-electron chi connectivity index (χ2n) is 5.02. The zero-order chi connectivity index (χ0) is 21.6. The van der Waals surface area contributed by atoms with Gasteiger partial charge in [0.25, 0.3) is 0 Å². The van der Waals surface area contributed by atoms with Crippen molar-refractivity contribution in [2.75, 3.05) is 6.61 Å². The summed E-state index contributed by atoms with van der Waals surface area (Å²) in [5.41, 5.74) is 16.8. The van der Waals surface area contributed by atoms with Gasteiger partial charge in [-0.15, -0.1) is 0 Å². The first kappa shape index (κ1) is 25.1. The van der Waals surface area contributed by atoms with Crippen molar-refractivity contribution < 1.29 is 55.9 Å². The highest BCUT2D eigenvalue weighted by molar-refractivity contribution is 7.66. The van der Waals surface area contributed by atoms with E-state index in [1.165, 1.54) is 0 Å². The largest absolute Gasteiger partial charge is 0.490 e. The van der Waals surface area contributed by atoms with Gasteiger partial charge in [0.1, 0.15) is 14.0 Å². The monoisotopic (exact) mass is 466 g/mol. The predicted molar refractivity (Wildman–Crippen MR) is 88.6 cm³/mol. The van der Waals surface area contributed by atoms with Crippen molar-refractivity contribution >= 4 is 31.3 Å². The summed E-state index contributed by atoms with van der Waals surface area (Å²) in [4.78, 5) is 40.2. The van der Waals surface area contributed by atoms with E-state index in [1.807, 2.05) is 0 Å². The number of hydrogen-bond donors (Lipinski definition) is 4. The molecular formula is C6H14BN6O12P3. The third kappa shape index (κ3) is 9.48. The van der Waals surface area contributed by atoms with Gasteiger partial charge in [0, 0.05) is 15.8 Å². The summed E-state index contributed by atoms with van der Waals surface area (Å²) in [5.74, 6) is 0. The number of azide groups is 1. The summed E-state index contributed by atoms with van der Waals surface area (Å²) < 4.78 is 55.7. The van der Waals surface area contributed by atoms with Gasteiger partial charge in [-0.05, 0) is 17.5 Å². The predicted octanol–water partition coefficient (Wildman–Crippen LogP) is 0.367. The molecule has 1 rings (SSSR count). The molecule has 22 heteroatoms. The molecule has 0 saturated carbocycles. The molecule has 0 spiro atoms. The van der Waals surface area contributed by atoms with Crippen molar-refractivity contribution in [2.45, 2.75) is 31.0 Å². The van der Waals surface area contributed by atoms with Crippen LogP contribution in [0.2, 0.25) is 0 Å². The Morgan fingerprint density at radius 2 is 1.68 bits per heavy atom. The van der Waals surface area contributed by atoms with Crippen LogP contribution < -0.4 is 0 Å². The third-order valence-corrected chi connectivity index (χ3v) is 6.60. The van der Waals surface area contributed by atoms with E-state index in [2.05, 4.69) is 33.2 Å². The molecule has 0 amide bonds. The standard InChI is InChI=1S/C6H14BN6O12P3/c7-5-1-3(23-6(10-12-8)11-13-9)4(22-5)2-21-27(17,18)25-28(19,20)24-26(14,15)16/h3-6H,1-2,7H2,(H,17,18)(H,19,20)(H2,14,15,16)/t3-,4?,5-/m1/s1. The number of phosphoric acid groups is 3. The smallest absolute Gasteiger partial charge is 0.379 e. The maximum absolute atomic E-state index is 11.7. The maximum Gasteiger partial charge on any atom is 0.490 e. The SMILES string of the molecule is B[C@H]1C[C@@H](OC(N=[N+]=[N-])N=[N+]=[N-])C(COP(=O)(O)OP(=O)(O)OP(=O)(O)O)O1. The van der Waals surface area contributed by atoms with Crippen molar-refractivity contribution in [1.82, 2.24) is 0 Å². The molecule has 1 saturated heterocycles. The summed E-state index contributed by atoms with van der Waals surface area (Å²) in [7, 11) is -14.9. The van der Waals surface area contributed by atoms with Gasteiger partial charge in [0.05, 0.1) is 12.7 Å². The highest BCUT2D eigenvalue weighted by Gasteiger charge is 2.42. The van der Waals surface area contributed by atoms with Crippen molar-refractivity contribution in [3.05, 3.63) is 20.9 Å². The van der Waals surface area contributed by atoms with Gasteiger partial charge in [0.15, 0.2) is 0 Å². The molecule has 18 nitrogen and oxygen atoms in total. The molecule has 1 heterocycles. The molecule has 0 bridgehead atoms. The summed E-state index contributed by atoms with van der Waals surface area (Å²) >= 11 is 0. The van der Waals surface area contributed by atoms with E-state index in [9.17, 15) is 18.6 Å². The fourth-order valence-electron chi connectivity index (χ4n) is 2.00. The van der Waals surface area contributed by atoms with Gasteiger partial charge < -0.3 is 29.0 Å². The molecule has 28 heavy (non-hydrogen) atoms. The van der Waals surface area contributed by atoms with Crippen LogP contribution in [-0.4, -0.2) is 58.6 Å². The maximum atomic E-state index is 11.7. The summed E-state index contributed by atoms with van der Waals surface area (Å²) in [6.45, 7) is -0.766. The zero-order valence-electron chi connectivity index (χ0n) is 13.8. The number of ether oxygens (including phenoxy) is 2. The minimum Gasteiger partial charge on any atom is -0.379 e. The molecular weight excluding hydrogens is 452 g/mol. The van der Waals surface area contributed by atoms with E-state index in [-0.39, 0.29) is 6.42 Å². The molecule has 0 aromatic rings. The Morgan fingerprint density at radius 1 is 1.11 bits per heavy atom. The number of hydrogen-bond acceptors (Lipinski definition) is 10. The lowest BCUT2D eigenvalue weighted by atomic mass is 9.96. The van der Waals surface area contributed by atoms with Crippen molar-refractivity contribution in [3.8, 4) is 0 Å². The first-order valence-electron chi connectivity index (χ1n) is 6.94. The number of rotatable bonds is 11. The first-order chi connectivity index (χ1) is 12.8. The highest BCUT2D eigenvalue weighted by atomic mass is 31.3. The van der Waals surface area contributed by atoms with E-state index >= 15 is 0 Å². The Hall–Kier alpha value is -0.985. The van der Waals surface area contributed by atoms with Crippen LogP contribution in [0.5, 0.6) is 0 Å². The number of nitrogens with zero attached hydrogens (tertiary/aromatic N) is 6. The van der Waals surface area contributed by atoms with E-state index < -0.39 is 54.6 Å². The van der Waals surface area contributed by atoms with Crippen molar-refractivity contribution in [2.24, 2.45) is 10.2 Å². The molecule has 3 unspecified atom stereocenters. The molecule has 1 fully saturated rings. The molecule has 1 aliphatic rings. The van der Waals surface area contributed by atoms with E-state index in [0.29, 0.717) is 0 Å². The van der Waals surface area contributed by atoms with Gasteiger partial charge in [-0.2, -0.15) is 8.62 Å². The average molecular weight is 466 g/mol. The lowest BCUT2D eigenvalue weighted by molar-refractivity contribution is -0.0634. The van der Waals surface area contributed by atoms with Gasteiger partial charge in [-0.25, -0.2) is 13.7 Å². The highest BCUT2D eigenvalue weighted by Crippen LogP contribution is 2.66. The zero-order valence-corrected chi connectivity index (χ0v) is 16.5. The Morgan fingerprint density at radius 3 is 2.18 bits per heavy atom. The van der Waals surface area contributed by atoms with E-state index in [4.69, 9.17) is 35.2 Å². The fraction of sp³-hybridized carbons (Fsp3) is 1.00. The second-order valence-corrected chi connectivity index (χ2v) is 9.44. The van der Waals surface area contributed by atoms with E-state index in [0.717, 1.165) is 0 Å². The minimum absolute atomic E-state index is 0.169. The molecule has 0 aliphatic carbocycles. The summed E-state index contributed by atoms with van der Waals surface area (Å²) in [6, 6.07) is -0.461. The van der Waals surface area contributed by atoms with Crippen molar-refractivity contribution in [3.63, 3.8) is 0 Å². The first-order valence-corrected chi connectivity index (χ1v) is 11.5. The van der Waals surface area contributed by atoms with Crippen LogP contribution in [0, 0.1) is 0 Å². The number of phosphoric ester groups is 1. The average Bonchev–Trinajstić information content (AvgIpc) is 2.82. The fourth-order valence-corrected chi connectivity index (χ4v) is 5.03. The van der Waals surface area contributed by atoms with Crippen molar-refractivity contribution in [1.29, 1.82) is 0 Å². The normalized spacial score (nSPS) is 27.6. The van der Waals surface area contributed by atoms with Crippen LogP contribution >= 0.6 is 23.5 Å². The lowest BCUT2D eigenvalue weighted by Gasteiger charge is -2.22. The Kier molecular flexibility index (Phi) is 9.10. The van der Waals surface area contributed by atoms with Crippen LogP contribution in [-0.2, 0) is 36.3 Å². The molecule has 5 atom stereocenters. The van der Waals surface area contributed by atoms with Crippen LogP contribution in [0.4, 0.5) is 0 Å². The third-order valence-electron chi connectivity index (χ3n) is 2.80. The lowest BCUT2D eigenvalue weighted by Crippen LogP contribution is -2.31. The molecule has 0 aromatic heterocycles. The topological polar surface area (TPSA) is 276 Å². The van der Waals surface area contributed by atoms with Gasteiger partial charge in [-0.3, -0.25) is 4.52 Å². The van der Waals surface area contributed by atoms with Crippen LogP contribution in [0.25, 0.3) is 20.9 Å². The van der Waals surface area contributed by atoms with E-state index in [1.54, 1.807) is 7.85 Å². The molecule has 4 N–H and O–H groups in total. The van der Waals surface area contributed by atoms with Crippen LogP contribution in [0.3, 0.4) is 0 Å².